The maximum atomic E-state index is 12.3. The van der Waals surface area contributed by atoms with Gasteiger partial charge in [0.2, 0.25) is 10.0 Å². The third kappa shape index (κ3) is 4.82. The van der Waals surface area contributed by atoms with Gasteiger partial charge in [0.25, 0.3) is 0 Å². The molecule has 1 N–H and O–H groups in total. The number of nitrogens with one attached hydrogen (secondary N) is 1. The van der Waals surface area contributed by atoms with Crippen LogP contribution in [0.4, 0.5) is 0 Å². The monoisotopic (exact) mass is 347 g/mol. The van der Waals surface area contributed by atoms with E-state index in [2.05, 4.69) is 18.6 Å². The molecule has 4 nitrogen and oxygen atoms in total. The molecule has 0 spiro atoms. The Kier molecular flexibility index (Phi) is 6.02. The normalized spacial score (nSPS) is 11.7. The van der Waals surface area contributed by atoms with Gasteiger partial charge >= 0.3 is 0 Å². The predicted molar refractivity (Wildman–Crippen MR) is 97.1 cm³/mol. The van der Waals surface area contributed by atoms with Gasteiger partial charge in [0.15, 0.2) is 0 Å². The minimum Gasteiger partial charge on any atom is -0.492 e. The topological polar surface area (TPSA) is 55.4 Å². The van der Waals surface area contributed by atoms with Gasteiger partial charge in [-0.05, 0) is 49.1 Å². The molecule has 0 fully saturated rings. The highest BCUT2D eigenvalue weighted by Crippen LogP contribution is 2.19. The highest BCUT2D eigenvalue weighted by atomic mass is 32.2. The second-order valence-electron chi connectivity index (χ2n) is 6.24. The average Bonchev–Trinajstić information content (AvgIpc) is 2.53. The SMILES string of the molecule is Cc1ccc(OCCNS(=O)(=O)c2ccc(C(C)C)cc2)c(C)c1. The van der Waals surface area contributed by atoms with Crippen LogP contribution in [-0.2, 0) is 10.0 Å². The number of benzene rings is 2. The van der Waals surface area contributed by atoms with Crippen molar-refractivity contribution in [1.29, 1.82) is 0 Å². The lowest BCUT2D eigenvalue weighted by Gasteiger charge is -2.11. The first-order valence-corrected chi connectivity index (χ1v) is 9.57. The summed E-state index contributed by atoms with van der Waals surface area (Å²) in [5.41, 5.74) is 3.33. The Morgan fingerprint density at radius 3 is 2.29 bits per heavy atom. The largest absolute Gasteiger partial charge is 0.492 e. The van der Waals surface area contributed by atoms with E-state index < -0.39 is 10.0 Å². The second-order valence-corrected chi connectivity index (χ2v) is 8.01. The lowest BCUT2D eigenvalue weighted by molar-refractivity contribution is 0.320. The number of ether oxygens (including phenoxy) is 1. The minimum atomic E-state index is -3.50. The van der Waals surface area contributed by atoms with Crippen molar-refractivity contribution < 1.29 is 13.2 Å². The Morgan fingerprint density at radius 2 is 1.71 bits per heavy atom. The number of sulfonamides is 1. The Morgan fingerprint density at radius 1 is 1.04 bits per heavy atom. The maximum absolute atomic E-state index is 12.3. The second kappa shape index (κ2) is 7.81. The molecule has 0 bridgehead atoms. The highest BCUT2D eigenvalue weighted by Gasteiger charge is 2.13. The summed E-state index contributed by atoms with van der Waals surface area (Å²) in [6, 6.07) is 12.9. The van der Waals surface area contributed by atoms with Crippen molar-refractivity contribution in [3.63, 3.8) is 0 Å². The van der Waals surface area contributed by atoms with Crippen molar-refractivity contribution in [1.82, 2.24) is 4.72 Å². The molecule has 2 aromatic rings. The van der Waals surface area contributed by atoms with E-state index in [1.165, 1.54) is 5.56 Å². The van der Waals surface area contributed by atoms with Gasteiger partial charge in [-0.3, -0.25) is 0 Å². The summed E-state index contributed by atoms with van der Waals surface area (Å²) in [6.07, 6.45) is 0. The third-order valence-electron chi connectivity index (χ3n) is 3.84. The molecule has 5 heteroatoms. The summed E-state index contributed by atoms with van der Waals surface area (Å²) < 4.78 is 32.8. The molecule has 0 radical (unpaired) electrons. The minimum absolute atomic E-state index is 0.224. The van der Waals surface area contributed by atoms with Gasteiger partial charge < -0.3 is 4.74 Å². The lowest BCUT2D eigenvalue weighted by atomic mass is 10.0. The van der Waals surface area contributed by atoms with Crippen molar-refractivity contribution in [2.75, 3.05) is 13.2 Å². The first kappa shape index (κ1) is 18.5. The molecule has 0 amide bonds. The summed E-state index contributed by atoms with van der Waals surface area (Å²) in [6.45, 7) is 8.66. The first-order valence-electron chi connectivity index (χ1n) is 8.09. The van der Waals surface area contributed by atoms with E-state index in [0.717, 1.165) is 16.9 Å². The average molecular weight is 347 g/mol. The molecule has 0 aliphatic carbocycles. The van der Waals surface area contributed by atoms with Gasteiger partial charge in [-0.25, -0.2) is 13.1 Å². The van der Waals surface area contributed by atoms with Crippen LogP contribution in [0.25, 0.3) is 0 Å². The van der Waals surface area contributed by atoms with Crippen molar-refractivity contribution in [3.05, 3.63) is 59.2 Å². The van der Waals surface area contributed by atoms with Gasteiger partial charge in [0.1, 0.15) is 12.4 Å². The van der Waals surface area contributed by atoms with Crippen molar-refractivity contribution >= 4 is 10.0 Å². The molecule has 0 aromatic heterocycles. The van der Waals surface area contributed by atoms with E-state index in [1.807, 2.05) is 44.2 Å². The Hall–Kier alpha value is -1.85. The highest BCUT2D eigenvalue weighted by molar-refractivity contribution is 7.89. The summed E-state index contributed by atoms with van der Waals surface area (Å²) >= 11 is 0. The Labute approximate surface area is 144 Å². The fourth-order valence-electron chi connectivity index (χ4n) is 2.41. The van der Waals surface area contributed by atoms with Crippen LogP contribution < -0.4 is 9.46 Å². The van der Waals surface area contributed by atoms with Gasteiger partial charge in [-0.15, -0.1) is 0 Å². The van der Waals surface area contributed by atoms with E-state index in [9.17, 15) is 8.42 Å². The van der Waals surface area contributed by atoms with Gasteiger partial charge in [-0.2, -0.15) is 0 Å². The molecule has 0 heterocycles. The van der Waals surface area contributed by atoms with E-state index in [-0.39, 0.29) is 18.0 Å². The summed E-state index contributed by atoms with van der Waals surface area (Å²) in [7, 11) is -3.50. The molecule has 24 heavy (non-hydrogen) atoms. The van der Waals surface area contributed by atoms with Crippen LogP contribution in [0.1, 0.15) is 36.5 Å². The quantitative estimate of drug-likeness (QED) is 0.776. The Balaban J connectivity index is 1.90. The molecule has 0 saturated carbocycles. The molecular weight excluding hydrogens is 322 g/mol. The fourth-order valence-corrected chi connectivity index (χ4v) is 3.43. The van der Waals surface area contributed by atoms with Gasteiger partial charge in [0.05, 0.1) is 4.90 Å². The zero-order valence-electron chi connectivity index (χ0n) is 14.7. The standard InChI is InChI=1S/C19H25NO3S/c1-14(2)17-6-8-18(9-7-17)24(21,22)20-11-12-23-19-10-5-15(3)13-16(19)4/h5-10,13-14,20H,11-12H2,1-4H3. The van der Waals surface area contributed by atoms with Gasteiger partial charge in [-0.1, -0.05) is 43.7 Å². The van der Waals surface area contributed by atoms with Crippen LogP contribution in [0.5, 0.6) is 5.75 Å². The van der Waals surface area contributed by atoms with Crippen LogP contribution >= 0.6 is 0 Å². The smallest absolute Gasteiger partial charge is 0.240 e. The number of aryl methyl sites for hydroxylation is 2. The van der Waals surface area contributed by atoms with E-state index >= 15 is 0 Å². The summed E-state index contributed by atoms with van der Waals surface area (Å²) in [5.74, 6) is 1.15. The zero-order chi connectivity index (χ0) is 17.7. The van der Waals surface area contributed by atoms with Crippen molar-refractivity contribution in [2.45, 2.75) is 38.5 Å². The third-order valence-corrected chi connectivity index (χ3v) is 5.32. The number of hydrogen-bond donors (Lipinski definition) is 1. The maximum Gasteiger partial charge on any atom is 0.240 e. The molecule has 0 saturated heterocycles. The number of hydrogen-bond acceptors (Lipinski definition) is 3. The fraction of sp³-hybridized carbons (Fsp3) is 0.368. The molecule has 0 unspecified atom stereocenters. The molecule has 2 rings (SSSR count). The Bertz CT molecular complexity index is 781. The lowest BCUT2D eigenvalue weighted by Crippen LogP contribution is -2.28. The van der Waals surface area contributed by atoms with E-state index in [4.69, 9.17) is 4.74 Å². The van der Waals surface area contributed by atoms with Crippen LogP contribution in [0, 0.1) is 13.8 Å². The predicted octanol–water partition coefficient (Wildman–Crippen LogP) is 3.78. The first-order chi connectivity index (χ1) is 11.3. The molecule has 0 aliphatic heterocycles. The summed E-state index contributed by atoms with van der Waals surface area (Å²) in [4.78, 5) is 0.276. The van der Waals surface area contributed by atoms with Crippen LogP contribution in [0.15, 0.2) is 47.4 Å². The van der Waals surface area contributed by atoms with E-state index in [0.29, 0.717) is 5.92 Å². The molecule has 0 atom stereocenters. The van der Waals surface area contributed by atoms with Crippen LogP contribution in [0.3, 0.4) is 0 Å². The molecule has 0 aliphatic rings. The molecular formula is C19H25NO3S. The summed E-state index contributed by atoms with van der Waals surface area (Å²) in [5, 5.41) is 0. The van der Waals surface area contributed by atoms with Crippen molar-refractivity contribution in [3.8, 4) is 5.75 Å². The zero-order valence-corrected chi connectivity index (χ0v) is 15.5. The molecule has 130 valence electrons. The van der Waals surface area contributed by atoms with Gasteiger partial charge in [0, 0.05) is 6.54 Å². The molecule has 2 aromatic carbocycles. The van der Waals surface area contributed by atoms with E-state index in [1.54, 1.807) is 12.1 Å². The van der Waals surface area contributed by atoms with Crippen LogP contribution in [0.2, 0.25) is 0 Å². The van der Waals surface area contributed by atoms with Crippen molar-refractivity contribution in [2.24, 2.45) is 0 Å². The number of rotatable bonds is 7. The van der Waals surface area contributed by atoms with Crippen LogP contribution in [-0.4, -0.2) is 21.6 Å².